The molecule has 0 atom stereocenters. The average molecular weight is 257 g/mol. The second kappa shape index (κ2) is 4.66. The Bertz CT molecular complexity index is 682. The van der Waals surface area contributed by atoms with Gasteiger partial charge in [0.2, 0.25) is 0 Å². The summed E-state index contributed by atoms with van der Waals surface area (Å²) >= 11 is 0. The van der Waals surface area contributed by atoms with Gasteiger partial charge >= 0.3 is 0 Å². The lowest BCUT2D eigenvalue weighted by atomic mass is 10.1. The van der Waals surface area contributed by atoms with Crippen LogP contribution < -0.4 is 5.32 Å². The summed E-state index contributed by atoms with van der Waals surface area (Å²) in [6.45, 7) is -0.0891. The number of fused-ring (bicyclic) bond motifs is 3. The third kappa shape index (κ3) is 1.92. The van der Waals surface area contributed by atoms with Gasteiger partial charge in [0.1, 0.15) is 6.61 Å². The number of carbonyl (C=O) groups excluding carboxylic acids is 1. The highest BCUT2D eigenvalue weighted by molar-refractivity contribution is 6.54. The number of hydrogen-bond acceptors (Lipinski definition) is 5. The van der Waals surface area contributed by atoms with Gasteiger partial charge in [0, 0.05) is 23.3 Å². The molecule has 19 heavy (non-hydrogen) atoms. The van der Waals surface area contributed by atoms with E-state index in [1.165, 1.54) is 0 Å². The van der Waals surface area contributed by atoms with Crippen LogP contribution in [-0.2, 0) is 9.63 Å². The number of nitrogens with one attached hydrogen (secondary N) is 1. The van der Waals surface area contributed by atoms with Crippen molar-refractivity contribution in [3.63, 3.8) is 0 Å². The first-order valence-corrected chi connectivity index (χ1v) is 5.80. The molecule has 2 aromatic rings. The fourth-order valence-electron chi connectivity index (χ4n) is 2.03. The van der Waals surface area contributed by atoms with Crippen LogP contribution in [0.5, 0.6) is 0 Å². The van der Waals surface area contributed by atoms with Gasteiger partial charge < -0.3 is 15.3 Å². The van der Waals surface area contributed by atoms with Gasteiger partial charge in [-0.15, -0.1) is 0 Å². The summed E-state index contributed by atoms with van der Waals surface area (Å²) < 4.78 is 0. The number of aliphatic hydroxyl groups is 1. The Kier molecular flexibility index (Phi) is 2.85. The fourth-order valence-corrected chi connectivity index (χ4v) is 2.03. The molecule has 2 N–H and O–H groups in total. The maximum atomic E-state index is 11.9. The number of nitrogens with zero attached hydrogens (tertiary/aromatic N) is 2. The second-order valence-electron chi connectivity index (χ2n) is 4.04. The molecule has 2 heterocycles. The van der Waals surface area contributed by atoms with Crippen LogP contribution in [0.15, 0.2) is 35.7 Å². The van der Waals surface area contributed by atoms with Crippen molar-refractivity contribution < 1.29 is 14.7 Å². The Balaban J connectivity index is 2.09. The van der Waals surface area contributed by atoms with Crippen LogP contribution in [0.2, 0.25) is 0 Å². The Morgan fingerprint density at radius 1 is 1.37 bits per heavy atom. The molecule has 0 saturated carbocycles. The van der Waals surface area contributed by atoms with E-state index in [-0.39, 0.29) is 24.8 Å². The molecule has 1 aliphatic heterocycles. The molecule has 1 amide bonds. The Hall–Kier alpha value is -2.47. The minimum absolute atomic E-state index is 0.0568. The monoisotopic (exact) mass is 257 g/mol. The summed E-state index contributed by atoms with van der Waals surface area (Å²) in [5.74, 6) is -0.315. The molecular weight excluding hydrogens is 246 g/mol. The van der Waals surface area contributed by atoms with E-state index in [2.05, 4.69) is 15.5 Å². The largest absolute Gasteiger partial charge is 0.393 e. The zero-order valence-corrected chi connectivity index (χ0v) is 9.96. The number of anilines is 1. The van der Waals surface area contributed by atoms with Crippen molar-refractivity contribution in [3.05, 3.63) is 36.2 Å². The Morgan fingerprint density at radius 3 is 3.11 bits per heavy atom. The van der Waals surface area contributed by atoms with E-state index in [9.17, 15) is 4.79 Å². The first kappa shape index (κ1) is 11.6. The van der Waals surface area contributed by atoms with Crippen molar-refractivity contribution in [2.24, 2.45) is 5.16 Å². The van der Waals surface area contributed by atoms with Crippen LogP contribution in [-0.4, -0.2) is 34.9 Å². The smallest absolute Gasteiger partial charge is 0.278 e. The van der Waals surface area contributed by atoms with E-state index >= 15 is 0 Å². The minimum Gasteiger partial charge on any atom is -0.393 e. The van der Waals surface area contributed by atoms with E-state index in [1.807, 2.05) is 18.2 Å². The van der Waals surface area contributed by atoms with Crippen LogP contribution in [0.25, 0.3) is 10.8 Å². The highest BCUT2D eigenvalue weighted by atomic mass is 16.6. The van der Waals surface area contributed by atoms with E-state index in [1.54, 1.807) is 12.4 Å². The number of carbonyl (C=O) groups is 1. The standard InChI is InChI=1S/C13H11N3O3/c17-5-6-19-16-12-9-2-1-8-3-4-14-7-10(8)11(9)15-13(12)18/h1-4,7,17H,5-6H2,(H,15,16,18). The molecule has 6 heteroatoms. The number of hydrogen-bond donors (Lipinski definition) is 2. The molecule has 0 unspecified atom stereocenters. The normalized spacial score (nSPS) is 15.6. The number of aromatic nitrogens is 1. The second-order valence-corrected chi connectivity index (χ2v) is 4.04. The van der Waals surface area contributed by atoms with Gasteiger partial charge in [-0.3, -0.25) is 9.78 Å². The number of oxime groups is 1. The molecule has 0 radical (unpaired) electrons. The lowest BCUT2D eigenvalue weighted by Gasteiger charge is -2.03. The predicted molar refractivity (Wildman–Crippen MR) is 69.9 cm³/mol. The lowest BCUT2D eigenvalue weighted by Crippen LogP contribution is -2.15. The Morgan fingerprint density at radius 2 is 2.26 bits per heavy atom. The molecule has 0 bridgehead atoms. The minimum atomic E-state index is -0.315. The van der Waals surface area contributed by atoms with Crippen LogP contribution in [0.1, 0.15) is 5.56 Å². The summed E-state index contributed by atoms with van der Waals surface area (Å²) in [6, 6.07) is 5.59. The number of amides is 1. The number of benzene rings is 1. The molecule has 3 rings (SSSR count). The van der Waals surface area contributed by atoms with Gasteiger partial charge in [-0.2, -0.15) is 0 Å². The van der Waals surface area contributed by atoms with Crippen LogP contribution in [0, 0.1) is 0 Å². The van der Waals surface area contributed by atoms with E-state index in [4.69, 9.17) is 9.94 Å². The number of pyridine rings is 1. The third-order valence-electron chi connectivity index (χ3n) is 2.87. The van der Waals surface area contributed by atoms with Crippen molar-refractivity contribution in [1.29, 1.82) is 0 Å². The van der Waals surface area contributed by atoms with E-state index < -0.39 is 0 Å². The quantitative estimate of drug-likeness (QED) is 0.632. The molecule has 0 aliphatic carbocycles. The van der Waals surface area contributed by atoms with Gasteiger partial charge in [0.25, 0.3) is 5.91 Å². The van der Waals surface area contributed by atoms with Crippen molar-refractivity contribution in [1.82, 2.24) is 4.98 Å². The highest BCUT2D eigenvalue weighted by Crippen LogP contribution is 2.31. The van der Waals surface area contributed by atoms with Gasteiger partial charge in [-0.05, 0) is 17.5 Å². The molecule has 0 fully saturated rings. The average Bonchev–Trinajstić information content (AvgIpc) is 2.76. The molecule has 0 spiro atoms. The van der Waals surface area contributed by atoms with Gasteiger partial charge in [0.05, 0.1) is 12.3 Å². The maximum absolute atomic E-state index is 11.9. The highest BCUT2D eigenvalue weighted by Gasteiger charge is 2.28. The predicted octanol–water partition coefficient (Wildman–Crippen LogP) is 0.900. The van der Waals surface area contributed by atoms with E-state index in [0.29, 0.717) is 11.3 Å². The van der Waals surface area contributed by atoms with E-state index in [0.717, 1.165) is 10.8 Å². The maximum Gasteiger partial charge on any atom is 0.278 e. The SMILES string of the molecule is O=C1Nc2c(ccc3ccncc23)C1=NOCCO. The van der Waals surface area contributed by atoms with Crippen molar-refractivity contribution in [2.45, 2.75) is 0 Å². The first-order valence-electron chi connectivity index (χ1n) is 5.80. The Labute approximate surface area is 108 Å². The zero-order chi connectivity index (χ0) is 13.2. The first-order chi connectivity index (χ1) is 9.31. The molecule has 1 aromatic heterocycles. The summed E-state index contributed by atoms with van der Waals surface area (Å²) in [7, 11) is 0. The summed E-state index contributed by atoms with van der Waals surface area (Å²) in [5, 5.41) is 17.0. The van der Waals surface area contributed by atoms with Crippen LogP contribution >= 0.6 is 0 Å². The van der Waals surface area contributed by atoms with Crippen molar-refractivity contribution >= 4 is 28.1 Å². The third-order valence-corrected chi connectivity index (χ3v) is 2.87. The molecule has 1 aliphatic rings. The molecular formula is C13H11N3O3. The van der Waals surface area contributed by atoms with Gasteiger partial charge in [-0.25, -0.2) is 0 Å². The number of rotatable bonds is 3. The van der Waals surface area contributed by atoms with Crippen LogP contribution in [0.4, 0.5) is 5.69 Å². The molecule has 1 aromatic carbocycles. The molecule has 6 nitrogen and oxygen atoms in total. The number of aliphatic hydroxyl groups excluding tert-OH is 1. The summed E-state index contributed by atoms with van der Waals surface area (Å²) in [4.78, 5) is 20.8. The lowest BCUT2D eigenvalue weighted by molar-refractivity contribution is -0.110. The molecule has 0 saturated heterocycles. The van der Waals surface area contributed by atoms with Crippen molar-refractivity contribution in [3.8, 4) is 0 Å². The van der Waals surface area contributed by atoms with Crippen molar-refractivity contribution in [2.75, 3.05) is 18.5 Å². The molecule has 96 valence electrons. The topological polar surface area (TPSA) is 83.8 Å². The van der Waals surface area contributed by atoms with Gasteiger partial charge in [-0.1, -0.05) is 11.2 Å². The summed E-state index contributed by atoms with van der Waals surface area (Å²) in [6.07, 6.45) is 3.40. The van der Waals surface area contributed by atoms with Gasteiger partial charge in [0.15, 0.2) is 5.71 Å². The fraction of sp³-hybridized carbons (Fsp3) is 0.154. The van der Waals surface area contributed by atoms with Crippen LogP contribution in [0.3, 0.4) is 0 Å². The zero-order valence-electron chi connectivity index (χ0n) is 9.96. The summed E-state index contributed by atoms with van der Waals surface area (Å²) in [5.41, 5.74) is 1.60.